The van der Waals surface area contributed by atoms with E-state index in [2.05, 4.69) is 4.98 Å². The monoisotopic (exact) mass is 416 g/mol. The molecule has 2 rings (SSSR count). The number of H-pyrrole nitrogens is 1. The molecule has 0 saturated heterocycles. The van der Waals surface area contributed by atoms with Crippen LogP contribution in [-0.4, -0.2) is 47.2 Å². The molecule has 1 unspecified atom stereocenters. The summed E-state index contributed by atoms with van der Waals surface area (Å²) in [5.41, 5.74) is 1.96. The number of ether oxygens (including phenoxy) is 1. The van der Waals surface area contributed by atoms with Gasteiger partial charge in [0, 0.05) is 23.4 Å². The Morgan fingerprint density at radius 2 is 1.70 bits per heavy atom. The molecule has 0 aliphatic heterocycles. The molecule has 0 aliphatic rings. The molecule has 1 aromatic carbocycles. The van der Waals surface area contributed by atoms with Crippen LogP contribution in [0.3, 0.4) is 0 Å². The van der Waals surface area contributed by atoms with E-state index in [1.165, 1.54) is 36.3 Å². The number of ketones is 1. The molecule has 0 radical (unpaired) electrons. The lowest BCUT2D eigenvalue weighted by atomic mass is 9.98. The van der Waals surface area contributed by atoms with Crippen LogP contribution in [0, 0.1) is 25.6 Å². The highest BCUT2D eigenvalue weighted by atomic mass is 19.1. The van der Waals surface area contributed by atoms with Gasteiger partial charge in [0.1, 0.15) is 11.5 Å². The lowest BCUT2D eigenvalue weighted by molar-refractivity contribution is 0.0592. The highest BCUT2D eigenvalue weighted by Crippen LogP contribution is 2.23. The van der Waals surface area contributed by atoms with Gasteiger partial charge in [-0.25, -0.2) is 9.18 Å². The maximum Gasteiger partial charge on any atom is 0.354 e. The Labute approximate surface area is 176 Å². The SMILES string of the molecule is COC(=O)c1[nH]c(C)c(C(=O)C(C)N(CCC(C)C)C(=O)c2ccc(F)cc2)c1C. The van der Waals surface area contributed by atoms with Gasteiger partial charge in [-0.1, -0.05) is 13.8 Å². The number of benzene rings is 1. The number of aromatic nitrogens is 1. The first-order chi connectivity index (χ1) is 14.1. The topological polar surface area (TPSA) is 79.5 Å². The Hall–Kier alpha value is -2.96. The van der Waals surface area contributed by atoms with Gasteiger partial charge in [-0.3, -0.25) is 9.59 Å². The van der Waals surface area contributed by atoms with Gasteiger partial charge in [0.25, 0.3) is 5.91 Å². The molecule has 1 aromatic heterocycles. The van der Waals surface area contributed by atoms with Crippen LogP contribution < -0.4 is 0 Å². The van der Waals surface area contributed by atoms with Gasteiger partial charge in [0.2, 0.25) is 0 Å². The van der Waals surface area contributed by atoms with E-state index in [-0.39, 0.29) is 17.4 Å². The maximum absolute atomic E-state index is 13.4. The van der Waals surface area contributed by atoms with Crippen LogP contribution in [0.25, 0.3) is 0 Å². The summed E-state index contributed by atoms with van der Waals surface area (Å²) < 4.78 is 18.0. The van der Waals surface area contributed by atoms with Gasteiger partial charge >= 0.3 is 5.97 Å². The summed E-state index contributed by atoms with van der Waals surface area (Å²) in [6.07, 6.45) is 0.711. The number of amides is 1. The van der Waals surface area contributed by atoms with E-state index < -0.39 is 17.8 Å². The second-order valence-electron chi connectivity index (χ2n) is 7.84. The third-order valence-corrected chi connectivity index (χ3v) is 5.22. The molecule has 30 heavy (non-hydrogen) atoms. The second-order valence-corrected chi connectivity index (χ2v) is 7.84. The van der Waals surface area contributed by atoms with E-state index in [1.807, 2.05) is 13.8 Å². The summed E-state index contributed by atoms with van der Waals surface area (Å²) in [4.78, 5) is 42.9. The fourth-order valence-electron chi connectivity index (χ4n) is 3.40. The Balaban J connectivity index is 2.40. The normalized spacial score (nSPS) is 12.0. The Morgan fingerprint density at radius 1 is 1.10 bits per heavy atom. The van der Waals surface area contributed by atoms with Crippen molar-refractivity contribution in [2.24, 2.45) is 5.92 Å². The van der Waals surface area contributed by atoms with Crippen molar-refractivity contribution < 1.29 is 23.5 Å². The molecule has 1 atom stereocenters. The molecule has 0 fully saturated rings. The molecule has 2 aromatic rings. The summed E-state index contributed by atoms with van der Waals surface area (Å²) >= 11 is 0. The molecular formula is C23H29FN2O4. The first-order valence-electron chi connectivity index (χ1n) is 9.96. The van der Waals surface area contributed by atoms with Crippen molar-refractivity contribution in [3.63, 3.8) is 0 Å². The van der Waals surface area contributed by atoms with E-state index >= 15 is 0 Å². The number of rotatable bonds is 8. The number of methoxy groups -OCH3 is 1. The summed E-state index contributed by atoms with van der Waals surface area (Å²) in [5, 5.41) is 0. The minimum absolute atomic E-state index is 0.226. The average molecular weight is 416 g/mol. The number of halogens is 1. The van der Waals surface area contributed by atoms with Gasteiger partial charge < -0.3 is 14.6 Å². The van der Waals surface area contributed by atoms with Crippen LogP contribution >= 0.6 is 0 Å². The lowest BCUT2D eigenvalue weighted by Gasteiger charge is -2.29. The molecular weight excluding hydrogens is 387 g/mol. The summed E-state index contributed by atoms with van der Waals surface area (Å²) in [6, 6.07) is 4.52. The number of carbonyl (C=O) groups excluding carboxylic acids is 3. The molecule has 0 spiro atoms. The largest absolute Gasteiger partial charge is 0.464 e. The van der Waals surface area contributed by atoms with E-state index in [0.29, 0.717) is 41.3 Å². The van der Waals surface area contributed by atoms with Crippen LogP contribution in [0.4, 0.5) is 4.39 Å². The number of nitrogens with zero attached hydrogens (tertiary/aromatic N) is 1. The van der Waals surface area contributed by atoms with E-state index in [4.69, 9.17) is 4.74 Å². The molecule has 0 aliphatic carbocycles. The van der Waals surface area contributed by atoms with Crippen molar-refractivity contribution in [2.45, 2.75) is 47.1 Å². The zero-order chi connectivity index (χ0) is 22.6. The van der Waals surface area contributed by atoms with Gasteiger partial charge in [-0.2, -0.15) is 0 Å². The zero-order valence-electron chi connectivity index (χ0n) is 18.3. The molecule has 0 bridgehead atoms. The van der Waals surface area contributed by atoms with Gasteiger partial charge in [-0.05, 0) is 62.9 Å². The molecule has 7 heteroatoms. The molecule has 162 valence electrons. The third-order valence-electron chi connectivity index (χ3n) is 5.22. The Bertz CT molecular complexity index is 931. The van der Waals surface area contributed by atoms with E-state index in [0.717, 1.165) is 0 Å². The molecule has 1 heterocycles. The van der Waals surface area contributed by atoms with E-state index in [9.17, 15) is 18.8 Å². The van der Waals surface area contributed by atoms with Crippen molar-refractivity contribution in [1.82, 2.24) is 9.88 Å². The number of carbonyl (C=O) groups is 3. The van der Waals surface area contributed by atoms with Gasteiger partial charge in [0.15, 0.2) is 5.78 Å². The molecule has 0 saturated carbocycles. The first-order valence-corrected chi connectivity index (χ1v) is 9.96. The first kappa shape index (κ1) is 23.3. The molecule has 1 N–H and O–H groups in total. The molecule has 6 nitrogen and oxygen atoms in total. The number of Topliss-reactive ketones (excluding diaryl/α,β-unsaturated/α-hetero) is 1. The quantitative estimate of drug-likeness (QED) is 0.513. The lowest BCUT2D eigenvalue weighted by Crippen LogP contribution is -2.44. The number of hydrogen-bond donors (Lipinski definition) is 1. The number of aromatic amines is 1. The summed E-state index contributed by atoms with van der Waals surface area (Å²) in [6.45, 7) is 9.52. The number of aryl methyl sites for hydroxylation is 1. The van der Waals surface area contributed by atoms with Crippen LogP contribution in [-0.2, 0) is 4.74 Å². The van der Waals surface area contributed by atoms with Crippen LogP contribution in [0.15, 0.2) is 24.3 Å². The van der Waals surface area contributed by atoms with Crippen LogP contribution in [0.2, 0.25) is 0 Å². The third kappa shape index (κ3) is 4.96. The number of esters is 1. The van der Waals surface area contributed by atoms with Crippen molar-refractivity contribution in [1.29, 1.82) is 0 Å². The van der Waals surface area contributed by atoms with Gasteiger partial charge in [-0.15, -0.1) is 0 Å². The summed E-state index contributed by atoms with van der Waals surface area (Å²) in [5.74, 6) is -1.26. The van der Waals surface area contributed by atoms with Crippen LogP contribution in [0.1, 0.15) is 69.7 Å². The standard InChI is InChI=1S/C23H29FN2O4/c1-13(2)11-12-26(22(28)17-7-9-18(24)10-8-17)16(5)21(27)19-14(3)20(23(29)30-6)25-15(19)4/h7-10,13,16,25H,11-12H2,1-6H3. The Kier molecular flexibility index (Phi) is 7.54. The highest BCUT2D eigenvalue weighted by Gasteiger charge is 2.31. The highest BCUT2D eigenvalue weighted by molar-refractivity contribution is 6.07. The van der Waals surface area contributed by atoms with Crippen molar-refractivity contribution in [3.05, 3.63) is 58.2 Å². The zero-order valence-corrected chi connectivity index (χ0v) is 18.3. The van der Waals surface area contributed by atoms with E-state index in [1.54, 1.807) is 20.8 Å². The number of nitrogens with one attached hydrogen (secondary N) is 1. The van der Waals surface area contributed by atoms with Crippen molar-refractivity contribution >= 4 is 17.7 Å². The molecule has 1 amide bonds. The number of hydrogen-bond acceptors (Lipinski definition) is 4. The fourth-order valence-corrected chi connectivity index (χ4v) is 3.40. The maximum atomic E-state index is 13.4. The predicted octanol–water partition coefficient (Wildman–Crippen LogP) is 4.32. The van der Waals surface area contributed by atoms with Crippen molar-refractivity contribution in [2.75, 3.05) is 13.7 Å². The average Bonchev–Trinajstić information content (AvgIpc) is 3.00. The minimum Gasteiger partial charge on any atom is -0.464 e. The summed E-state index contributed by atoms with van der Waals surface area (Å²) in [7, 11) is 1.27. The van der Waals surface area contributed by atoms with Crippen molar-refractivity contribution in [3.8, 4) is 0 Å². The second kappa shape index (κ2) is 9.69. The predicted molar refractivity (Wildman–Crippen MR) is 112 cm³/mol. The van der Waals surface area contributed by atoms with Crippen LogP contribution in [0.5, 0.6) is 0 Å². The Morgan fingerprint density at radius 3 is 2.23 bits per heavy atom. The van der Waals surface area contributed by atoms with Gasteiger partial charge in [0.05, 0.1) is 13.2 Å². The minimum atomic E-state index is -0.764. The smallest absolute Gasteiger partial charge is 0.354 e. The fraction of sp³-hybridized carbons (Fsp3) is 0.435.